The number of fused-ring (bicyclic) bond motifs is 1. The van der Waals surface area contributed by atoms with E-state index in [0.717, 1.165) is 75.4 Å². The topological polar surface area (TPSA) is 93.3 Å². The van der Waals surface area contributed by atoms with E-state index in [-0.39, 0.29) is 11.5 Å². The van der Waals surface area contributed by atoms with Gasteiger partial charge in [0.2, 0.25) is 5.91 Å². The number of nitrogens with two attached hydrogens (primary N) is 1. The van der Waals surface area contributed by atoms with Crippen molar-refractivity contribution in [2.45, 2.75) is 51.2 Å². The van der Waals surface area contributed by atoms with Crippen LogP contribution < -0.4 is 10.5 Å². The zero-order chi connectivity index (χ0) is 24.4. The molecule has 5 rings (SSSR count). The van der Waals surface area contributed by atoms with Crippen LogP contribution in [0.5, 0.6) is 5.75 Å². The second-order valence-corrected chi connectivity index (χ2v) is 10.1. The van der Waals surface area contributed by atoms with Crippen LogP contribution in [-0.4, -0.2) is 65.3 Å². The number of amides is 1. The lowest BCUT2D eigenvalue weighted by Gasteiger charge is -2.45. The highest BCUT2D eigenvalue weighted by molar-refractivity contribution is 6.04. The van der Waals surface area contributed by atoms with Crippen LogP contribution in [0.3, 0.4) is 0 Å². The number of nitrogens with zero attached hydrogens (tertiary/aromatic N) is 4. The van der Waals surface area contributed by atoms with E-state index in [0.29, 0.717) is 18.1 Å². The molecule has 3 aliphatic heterocycles. The van der Waals surface area contributed by atoms with Crippen molar-refractivity contribution < 1.29 is 14.4 Å². The number of ether oxygens (including phenoxy) is 1. The highest BCUT2D eigenvalue weighted by atomic mass is 16.6. The van der Waals surface area contributed by atoms with Crippen LogP contribution in [0.1, 0.15) is 48.8 Å². The smallest absolute Gasteiger partial charge is 0.225 e. The molecule has 186 valence electrons. The fraction of sp³-hybridized carbons (Fsp3) is 0.519. The standard InChI is InChI=1S/C27H35N5O3/c1-19-3-4-24-22(15-19)23(30-34-2)17-27(35-24)8-13-32(14-9-27)26(33)21-6-11-31(12-7-21)18-20-5-10-29-25(28)16-20/h3-5,10,15-16,21H,6-9,11-14,17-18H2,1-2H3,(H2,28,29)/b30-23+. The molecular weight excluding hydrogens is 442 g/mol. The van der Waals surface area contributed by atoms with Crippen LogP contribution in [0.15, 0.2) is 41.7 Å². The number of anilines is 1. The number of hydrogen-bond acceptors (Lipinski definition) is 7. The molecule has 1 aromatic heterocycles. The van der Waals surface area contributed by atoms with Gasteiger partial charge in [0.15, 0.2) is 0 Å². The van der Waals surface area contributed by atoms with E-state index in [2.05, 4.69) is 39.0 Å². The maximum Gasteiger partial charge on any atom is 0.225 e. The molecule has 0 bridgehead atoms. The molecule has 2 fully saturated rings. The molecule has 0 atom stereocenters. The number of rotatable bonds is 4. The van der Waals surface area contributed by atoms with E-state index in [1.165, 1.54) is 11.1 Å². The van der Waals surface area contributed by atoms with E-state index in [1.807, 2.05) is 18.2 Å². The molecule has 1 spiro atoms. The van der Waals surface area contributed by atoms with Crippen molar-refractivity contribution in [3.05, 3.63) is 53.2 Å². The quantitative estimate of drug-likeness (QED) is 0.679. The summed E-state index contributed by atoms with van der Waals surface area (Å²) in [7, 11) is 1.59. The van der Waals surface area contributed by atoms with Crippen molar-refractivity contribution in [2.75, 3.05) is 39.0 Å². The van der Waals surface area contributed by atoms with Gasteiger partial charge >= 0.3 is 0 Å². The molecule has 3 aliphatic rings. The van der Waals surface area contributed by atoms with Crippen molar-refractivity contribution >= 4 is 17.4 Å². The monoisotopic (exact) mass is 477 g/mol. The van der Waals surface area contributed by atoms with Gasteiger partial charge in [-0.05, 0) is 62.7 Å². The second-order valence-electron chi connectivity index (χ2n) is 10.1. The number of piperidine rings is 2. The third kappa shape index (κ3) is 5.12. The Hall–Kier alpha value is -3.13. The van der Waals surface area contributed by atoms with E-state index < -0.39 is 0 Å². The zero-order valence-corrected chi connectivity index (χ0v) is 20.7. The first-order chi connectivity index (χ1) is 16.9. The summed E-state index contributed by atoms with van der Waals surface area (Å²) in [6.07, 6.45) is 5.86. The number of hydrogen-bond donors (Lipinski definition) is 1. The fourth-order valence-corrected chi connectivity index (χ4v) is 5.68. The van der Waals surface area contributed by atoms with Crippen LogP contribution in [-0.2, 0) is 16.2 Å². The Morgan fingerprint density at radius 2 is 1.97 bits per heavy atom. The molecule has 4 heterocycles. The number of oxime groups is 1. The van der Waals surface area contributed by atoms with Gasteiger partial charge in [-0.3, -0.25) is 9.69 Å². The van der Waals surface area contributed by atoms with Crippen LogP contribution in [0, 0.1) is 12.8 Å². The highest BCUT2D eigenvalue weighted by Crippen LogP contribution is 2.40. The van der Waals surface area contributed by atoms with E-state index in [9.17, 15) is 4.79 Å². The predicted octanol–water partition coefficient (Wildman–Crippen LogP) is 3.38. The van der Waals surface area contributed by atoms with Crippen molar-refractivity contribution in [3.8, 4) is 5.75 Å². The lowest BCUT2D eigenvalue weighted by molar-refractivity contribution is -0.140. The molecule has 0 aliphatic carbocycles. The Morgan fingerprint density at radius 1 is 1.20 bits per heavy atom. The molecule has 0 unspecified atom stereocenters. The Labute approximate surface area is 207 Å². The van der Waals surface area contributed by atoms with E-state index >= 15 is 0 Å². The van der Waals surface area contributed by atoms with Crippen LogP contribution >= 0.6 is 0 Å². The summed E-state index contributed by atoms with van der Waals surface area (Å²) < 4.78 is 6.55. The maximum absolute atomic E-state index is 13.3. The molecule has 2 aromatic rings. The minimum Gasteiger partial charge on any atom is -0.486 e. The third-order valence-electron chi connectivity index (χ3n) is 7.64. The Kier molecular flexibility index (Phi) is 6.65. The predicted molar refractivity (Wildman–Crippen MR) is 135 cm³/mol. The van der Waals surface area contributed by atoms with Crippen LogP contribution in [0.4, 0.5) is 5.82 Å². The van der Waals surface area contributed by atoms with Gasteiger partial charge in [0.1, 0.15) is 24.3 Å². The summed E-state index contributed by atoms with van der Waals surface area (Å²) in [5.74, 6) is 1.81. The number of nitrogen functional groups attached to an aromatic ring is 1. The number of pyridine rings is 1. The van der Waals surface area contributed by atoms with Gasteiger partial charge in [-0.25, -0.2) is 4.98 Å². The molecule has 8 nitrogen and oxygen atoms in total. The number of benzene rings is 1. The van der Waals surface area contributed by atoms with E-state index in [1.54, 1.807) is 13.3 Å². The average molecular weight is 478 g/mol. The largest absolute Gasteiger partial charge is 0.486 e. The first-order valence-corrected chi connectivity index (χ1v) is 12.6. The fourth-order valence-electron chi connectivity index (χ4n) is 5.68. The van der Waals surface area contributed by atoms with Crippen molar-refractivity contribution in [3.63, 3.8) is 0 Å². The first kappa shape index (κ1) is 23.6. The van der Waals surface area contributed by atoms with Gasteiger partial charge < -0.3 is 20.2 Å². The molecule has 8 heteroatoms. The number of likely N-dealkylation sites (tertiary alicyclic amines) is 2. The van der Waals surface area contributed by atoms with Crippen LogP contribution in [0.2, 0.25) is 0 Å². The zero-order valence-electron chi connectivity index (χ0n) is 20.7. The Morgan fingerprint density at radius 3 is 2.69 bits per heavy atom. The molecule has 1 amide bonds. The highest BCUT2D eigenvalue weighted by Gasteiger charge is 2.44. The lowest BCUT2D eigenvalue weighted by Crippen LogP contribution is -2.54. The minimum atomic E-state index is -0.327. The minimum absolute atomic E-state index is 0.101. The van der Waals surface area contributed by atoms with Gasteiger partial charge in [0, 0.05) is 56.6 Å². The van der Waals surface area contributed by atoms with Crippen LogP contribution in [0.25, 0.3) is 0 Å². The SMILES string of the molecule is CO/N=C1\CC2(CCN(C(=O)C3CCN(Cc4ccnc(N)c4)CC3)CC2)Oc2ccc(C)cc21. The van der Waals surface area contributed by atoms with Crippen molar-refractivity contribution in [1.82, 2.24) is 14.8 Å². The second kappa shape index (κ2) is 9.85. The van der Waals surface area contributed by atoms with Gasteiger partial charge in [-0.15, -0.1) is 0 Å². The number of aromatic nitrogens is 1. The summed E-state index contributed by atoms with van der Waals surface area (Å²) in [6, 6.07) is 10.1. The molecule has 35 heavy (non-hydrogen) atoms. The number of carbonyl (C=O) groups is 1. The summed E-state index contributed by atoms with van der Waals surface area (Å²) in [5, 5.41) is 4.33. The molecule has 0 saturated carbocycles. The molecule has 2 saturated heterocycles. The molecule has 2 N–H and O–H groups in total. The van der Waals surface area contributed by atoms with Gasteiger partial charge in [-0.2, -0.15) is 0 Å². The molecular formula is C27H35N5O3. The number of aryl methyl sites for hydroxylation is 1. The average Bonchev–Trinajstić information content (AvgIpc) is 2.85. The Balaban J connectivity index is 1.17. The van der Waals surface area contributed by atoms with E-state index in [4.69, 9.17) is 15.3 Å². The summed E-state index contributed by atoms with van der Waals surface area (Å²) in [5.41, 5.74) is 9.77. The van der Waals surface area contributed by atoms with Gasteiger partial charge in [0.05, 0.1) is 5.71 Å². The third-order valence-corrected chi connectivity index (χ3v) is 7.64. The maximum atomic E-state index is 13.3. The molecule has 1 aromatic carbocycles. The van der Waals surface area contributed by atoms with Crippen molar-refractivity contribution in [2.24, 2.45) is 11.1 Å². The van der Waals surface area contributed by atoms with Gasteiger partial charge in [-0.1, -0.05) is 16.8 Å². The normalized spacial score (nSPS) is 21.5. The lowest BCUT2D eigenvalue weighted by atomic mass is 9.81. The summed E-state index contributed by atoms with van der Waals surface area (Å²) in [4.78, 5) is 27.0. The first-order valence-electron chi connectivity index (χ1n) is 12.6. The molecule has 0 radical (unpaired) electrons. The van der Waals surface area contributed by atoms with Gasteiger partial charge in [0.25, 0.3) is 0 Å². The number of carbonyl (C=O) groups excluding carboxylic acids is 1. The summed E-state index contributed by atoms with van der Waals surface area (Å²) in [6.45, 7) is 6.20. The Bertz CT molecular complexity index is 1100. The van der Waals surface area contributed by atoms with Crippen molar-refractivity contribution in [1.29, 1.82) is 0 Å². The summed E-state index contributed by atoms with van der Waals surface area (Å²) >= 11 is 0.